The molecule has 0 unspecified atom stereocenters. The molecule has 1 N–H and O–H groups in total. The second-order valence-electron chi connectivity index (χ2n) is 5.25. The molecule has 0 radical (unpaired) electrons. The number of benzene rings is 1. The van der Waals surface area contributed by atoms with Gasteiger partial charge in [-0.05, 0) is 29.7 Å². The van der Waals surface area contributed by atoms with Gasteiger partial charge < -0.3 is 10.2 Å². The van der Waals surface area contributed by atoms with Crippen molar-refractivity contribution in [3.8, 4) is 0 Å². The molecule has 0 bridgehead atoms. The molecular formula is C17H19N3O. The number of amides is 1. The van der Waals surface area contributed by atoms with Gasteiger partial charge in [-0.25, -0.2) is 4.98 Å². The van der Waals surface area contributed by atoms with Crippen LogP contribution >= 0.6 is 0 Å². The third kappa shape index (κ3) is 3.05. The number of fused-ring (bicyclic) bond motifs is 1. The van der Waals surface area contributed by atoms with Crippen molar-refractivity contribution >= 4 is 17.4 Å². The smallest absolute Gasteiger partial charge is 0.224 e. The molecule has 0 aliphatic carbocycles. The number of anilines is 2. The fraction of sp³-hybridized carbons (Fsp3) is 0.294. The lowest BCUT2D eigenvalue weighted by atomic mass is 10.00. The summed E-state index contributed by atoms with van der Waals surface area (Å²) < 4.78 is 0. The number of hydrogen-bond donors (Lipinski definition) is 1. The lowest BCUT2D eigenvalue weighted by molar-refractivity contribution is -0.115. The van der Waals surface area contributed by atoms with Crippen molar-refractivity contribution in [3.05, 3.63) is 53.7 Å². The fourth-order valence-corrected chi connectivity index (χ4v) is 2.59. The Labute approximate surface area is 124 Å². The fourth-order valence-electron chi connectivity index (χ4n) is 2.59. The zero-order valence-corrected chi connectivity index (χ0v) is 12.2. The standard InChI is InChI=1S/C17H19N3O/c1-2-17(21)19-15-7-8-16(18-11-15)20-10-9-13-5-3-4-6-14(13)12-20/h3-8,11H,2,9-10,12H2,1H3,(H,19,21). The van der Waals surface area contributed by atoms with E-state index in [9.17, 15) is 4.79 Å². The highest BCUT2D eigenvalue weighted by molar-refractivity contribution is 5.90. The topological polar surface area (TPSA) is 45.2 Å². The Kier molecular flexibility index (Phi) is 3.86. The van der Waals surface area contributed by atoms with Crippen LogP contribution in [0, 0.1) is 0 Å². The van der Waals surface area contributed by atoms with E-state index in [0.29, 0.717) is 6.42 Å². The van der Waals surface area contributed by atoms with E-state index < -0.39 is 0 Å². The average Bonchev–Trinajstić information content (AvgIpc) is 2.55. The van der Waals surface area contributed by atoms with Crippen LogP contribution in [-0.4, -0.2) is 17.4 Å². The molecule has 1 aromatic heterocycles. The molecule has 0 saturated heterocycles. The lowest BCUT2D eigenvalue weighted by Crippen LogP contribution is -2.30. The van der Waals surface area contributed by atoms with E-state index in [2.05, 4.69) is 39.5 Å². The molecular weight excluding hydrogens is 262 g/mol. The summed E-state index contributed by atoms with van der Waals surface area (Å²) in [5.74, 6) is 0.968. The molecule has 2 aromatic rings. The number of nitrogens with zero attached hydrogens (tertiary/aromatic N) is 2. The monoisotopic (exact) mass is 281 g/mol. The molecule has 0 spiro atoms. The van der Waals surface area contributed by atoms with Crippen LogP contribution in [0.15, 0.2) is 42.6 Å². The van der Waals surface area contributed by atoms with Gasteiger partial charge in [-0.1, -0.05) is 31.2 Å². The molecule has 108 valence electrons. The van der Waals surface area contributed by atoms with E-state index in [-0.39, 0.29) is 5.91 Å². The van der Waals surface area contributed by atoms with Crippen molar-refractivity contribution in [2.75, 3.05) is 16.8 Å². The maximum atomic E-state index is 11.4. The average molecular weight is 281 g/mol. The first kappa shape index (κ1) is 13.6. The Morgan fingerprint density at radius 2 is 2.05 bits per heavy atom. The van der Waals surface area contributed by atoms with E-state index in [0.717, 1.165) is 31.0 Å². The third-order valence-electron chi connectivity index (χ3n) is 3.81. The minimum atomic E-state index is 0.0106. The summed E-state index contributed by atoms with van der Waals surface area (Å²) in [7, 11) is 0. The van der Waals surface area contributed by atoms with Gasteiger partial charge in [-0.3, -0.25) is 4.79 Å². The molecule has 0 fully saturated rings. The van der Waals surface area contributed by atoms with E-state index in [1.807, 2.05) is 19.1 Å². The summed E-state index contributed by atoms with van der Waals surface area (Å²) in [6.45, 7) is 3.71. The van der Waals surface area contributed by atoms with Gasteiger partial charge in [0.15, 0.2) is 0 Å². The number of aromatic nitrogens is 1. The number of carbonyl (C=O) groups excluding carboxylic acids is 1. The van der Waals surface area contributed by atoms with Gasteiger partial charge in [-0.15, -0.1) is 0 Å². The van der Waals surface area contributed by atoms with E-state index in [1.165, 1.54) is 11.1 Å². The van der Waals surface area contributed by atoms with Crippen LogP contribution in [0.3, 0.4) is 0 Å². The van der Waals surface area contributed by atoms with Crippen LogP contribution in [0.5, 0.6) is 0 Å². The quantitative estimate of drug-likeness (QED) is 0.940. The summed E-state index contributed by atoms with van der Waals surface area (Å²) >= 11 is 0. The van der Waals surface area contributed by atoms with Gasteiger partial charge in [0, 0.05) is 19.5 Å². The van der Waals surface area contributed by atoms with Crippen molar-refractivity contribution in [2.24, 2.45) is 0 Å². The minimum absolute atomic E-state index is 0.0106. The van der Waals surface area contributed by atoms with Crippen LogP contribution in [0.25, 0.3) is 0 Å². The Balaban J connectivity index is 1.72. The van der Waals surface area contributed by atoms with Crippen LogP contribution in [0.2, 0.25) is 0 Å². The summed E-state index contributed by atoms with van der Waals surface area (Å²) in [5, 5.41) is 2.82. The molecule has 2 heterocycles. The van der Waals surface area contributed by atoms with Crippen molar-refractivity contribution in [1.29, 1.82) is 0 Å². The first-order valence-electron chi connectivity index (χ1n) is 7.34. The maximum Gasteiger partial charge on any atom is 0.224 e. The number of carbonyl (C=O) groups is 1. The third-order valence-corrected chi connectivity index (χ3v) is 3.81. The number of hydrogen-bond acceptors (Lipinski definition) is 3. The summed E-state index contributed by atoms with van der Waals surface area (Å²) in [6, 6.07) is 12.4. The second kappa shape index (κ2) is 5.95. The molecule has 3 rings (SSSR count). The van der Waals surface area contributed by atoms with Gasteiger partial charge in [0.1, 0.15) is 5.82 Å². The van der Waals surface area contributed by atoms with Crippen molar-refractivity contribution < 1.29 is 4.79 Å². The highest BCUT2D eigenvalue weighted by Crippen LogP contribution is 2.23. The summed E-state index contributed by atoms with van der Waals surface area (Å²) in [4.78, 5) is 18.1. The van der Waals surface area contributed by atoms with Gasteiger partial charge in [0.05, 0.1) is 11.9 Å². The van der Waals surface area contributed by atoms with E-state index >= 15 is 0 Å². The van der Waals surface area contributed by atoms with Crippen LogP contribution < -0.4 is 10.2 Å². The predicted octanol–water partition coefficient (Wildman–Crippen LogP) is 2.99. The first-order valence-corrected chi connectivity index (χ1v) is 7.34. The molecule has 1 amide bonds. The molecule has 4 nitrogen and oxygen atoms in total. The normalized spacial score (nSPS) is 13.7. The van der Waals surface area contributed by atoms with E-state index in [1.54, 1.807) is 6.20 Å². The van der Waals surface area contributed by atoms with Crippen molar-refractivity contribution in [1.82, 2.24) is 4.98 Å². The Morgan fingerprint density at radius 3 is 2.76 bits per heavy atom. The maximum absolute atomic E-state index is 11.4. The number of rotatable bonds is 3. The second-order valence-corrected chi connectivity index (χ2v) is 5.25. The zero-order valence-electron chi connectivity index (χ0n) is 12.2. The molecule has 1 aromatic carbocycles. The van der Waals surface area contributed by atoms with Gasteiger partial charge in [0.25, 0.3) is 0 Å². The van der Waals surface area contributed by atoms with Crippen LogP contribution in [-0.2, 0) is 17.8 Å². The minimum Gasteiger partial charge on any atom is -0.352 e. The molecule has 1 aliphatic heterocycles. The van der Waals surface area contributed by atoms with Crippen LogP contribution in [0.1, 0.15) is 24.5 Å². The van der Waals surface area contributed by atoms with Gasteiger partial charge in [0.2, 0.25) is 5.91 Å². The SMILES string of the molecule is CCC(=O)Nc1ccc(N2CCc3ccccc3C2)nc1. The summed E-state index contributed by atoms with van der Waals surface area (Å²) in [6.07, 6.45) is 3.25. The van der Waals surface area contributed by atoms with Gasteiger partial charge >= 0.3 is 0 Å². The van der Waals surface area contributed by atoms with Crippen molar-refractivity contribution in [2.45, 2.75) is 26.3 Å². The largest absolute Gasteiger partial charge is 0.352 e. The molecule has 4 heteroatoms. The van der Waals surface area contributed by atoms with Crippen molar-refractivity contribution in [3.63, 3.8) is 0 Å². The number of nitrogens with one attached hydrogen (secondary N) is 1. The predicted molar refractivity (Wildman–Crippen MR) is 84.4 cm³/mol. The zero-order chi connectivity index (χ0) is 14.7. The molecule has 0 saturated carbocycles. The lowest BCUT2D eigenvalue weighted by Gasteiger charge is -2.29. The first-order chi connectivity index (χ1) is 10.3. The summed E-state index contributed by atoms with van der Waals surface area (Å²) in [5.41, 5.74) is 3.55. The molecule has 1 aliphatic rings. The molecule has 21 heavy (non-hydrogen) atoms. The highest BCUT2D eigenvalue weighted by Gasteiger charge is 2.16. The number of pyridine rings is 1. The van der Waals surface area contributed by atoms with Crippen LogP contribution in [0.4, 0.5) is 11.5 Å². The Morgan fingerprint density at radius 1 is 1.24 bits per heavy atom. The highest BCUT2D eigenvalue weighted by atomic mass is 16.1. The van der Waals surface area contributed by atoms with Gasteiger partial charge in [-0.2, -0.15) is 0 Å². The van der Waals surface area contributed by atoms with E-state index in [4.69, 9.17) is 0 Å². The Bertz CT molecular complexity index is 637. The molecule has 0 atom stereocenters. The Hall–Kier alpha value is -2.36.